The Labute approximate surface area is 203 Å². The summed E-state index contributed by atoms with van der Waals surface area (Å²) >= 11 is 0. The summed E-state index contributed by atoms with van der Waals surface area (Å²) in [6.45, 7) is 1.48. The number of Topliss-reactive ketones (excluding diaryl/α,β-unsaturated/α-hetero) is 1. The van der Waals surface area contributed by atoms with E-state index in [1.807, 2.05) is 12.1 Å². The number of carbonyl (C=O) groups excluding carboxylic acids is 2. The van der Waals surface area contributed by atoms with Gasteiger partial charge >= 0.3 is 5.97 Å². The molecule has 2 heterocycles. The van der Waals surface area contributed by atoms with E-state index in [0.29, 0.717) is 35.7 Å². The molecular formula is C25H25N3O6S. The van der Waals surface area contributed by atoms with Gasteiger partial charge in [-0.15, -0.1) is 0 Å². The van der Waals surface area contributed by atoms with E-state index in [0.717, 1.165) is 5.56 Å². The summed E-state index contributed by atoms with van der Waals surface area (Å²) in [5, 5.41) is 3.07. The molecule has 10 heteroatoms. The SMILES string of the molecule is CCS(=O)(=O)N1CCc2cc(C(=O)COC(=O)c3cccnc3Nc3ccccc3OC)ccc21. The quantitative estimate of drug-likeness (QED) is 0.354. The molecule has 9 nitrogen and oxygen atoms in total. The first-order chi connectivity index (χ1) is 16.8. The first-order valence-electron chi connectivity index (χ1n) is 11.0. The fourth-order valence-electron chi connectivity index (χ4n) is 3.83. The molecule has 0 fully saturated rings. The lowest BCUT2D eigenvalue weighted by Gasteiger charge is -2.18. The number of sulfonamides is 1. The first kappa shape index (κ1) is 24.2. The monoisotopic (exact) mass is 495 g/mol. The van der Waals surface area contributed by atoms with Crippen molar-refractivity contribution in [1.82, 2.24) is 4.98 Å². The smallest absolute Gasteiger partial charge is 0.342 e. The van der Waals surface area contributed by atoms with Gasteiger partial charge in [0.15, 0.2) is 12.4 Å². The van der Waals surface area contributed by atoms with Gasteiger partial charge in [-0.3, -0.25) is 9.10 Å². The molecule has 35 heavy (non-hydrogen) atoms. The van der Waals surface area contributed by atoms with Crippen molar-refractivity contribution in [2.75, 3.05) is 35.6 Å². The zero-order valence-corrected chi connectivity index (χ0v) is 20.2. The largest absolute Gasteiger partial charge is 0.495 e. The summed E-state index contributed by atoms with van der Waals surface area (Å²) in [4.78, 5) is 29.7. The maximum Gasteiger partial charge on any atom is 0.342 e. The number of pyridine rings is 1. The van der Waals surface area contributed by atoms with E-state index >= 15 is 0 Å². The van der Waals surface area contributed by atoms with Crippen LogP contribution in [-0.2, 0) is 21.2 Å². The summed E-state index contributed by atoms with van der Waals surface area (Å²) in [6, 6.07) is 15.2. The third-order valence-electron chi connectivity index (χ3n) is 5.68. The van der Waals surface area contributed by atoms with Crippen LogP contribution in [0.1, 0.15) is 33.2 Å². The lowest BCUT2D eigenvalue weighted by atomic mass is 10.1. The molecule has 0 amide bonds. The van der Waals surface area contributed by atoms with Gasteiger partial charge in [-0.25, -0.2) is 18.2 Å². The molecule has 182 valence electrons. The van der Waals surface area contributed by atoms with Crippen LogP contribution in [0.4, 0.5) is 17.2 Å². The van der Waals surface area contributed by atoms with Gasteiger partial charge in [0.1, 0.15) is 17.1 Å². The van der Waals surface area contributed by atoms with Crippen LogP contribution in [-0.4, -0.2) is 51.2 Å². The van der Waals surface area contributed by atoms with E-state index in [4.69, 9.17) is 9.47 Å². The maximum atomic E-state index is 12.8. The molecule has 0 saturated heterocycles. The van der Waals surface area contributed by atoms with Crippen LogP contribution in [0, 0.1) is 0 Å². The molecule has 0 atom stereocenters. The zero-order valence-electron chi connectivity index (χ0n) is 19.4. The number of rotatable bonds is 9. The van der Waals surface area contributed by atoms with Crippen molar-refractivity contribution in [2.45, 2.75) is 13.3 Å². The maximum absolute atomic E-state index is 12.8. The molecule has 1 aliphatic rings. The highest BCUT2D eigenvalue weighted by Gasteiger charge is 2.28. The summed E-state index contributed by atoms with van der Waals surface area (Å²) in [6.07, 6.45) is 2.05. The van der Waals surface area contributed by atoms with Crippen molar-refractivity contribution in [3.63, 3.8) is 0 Å². The second kappa shape index (κ2) is 10.1. The minimum absolute atomic E-state index is 0.00527. The van der Waals surface area contributed by atoms with Crippen LogP contribution in [0.3, 0.4) is 0 Å². The van der Waals surface area contributed by atoms with Crippen LogP contribution in [0.25, 0.3) is 0 Å². The van der Waals surface area contributed by atoms with E-state index in [-0.39, 0.29) is 22.9 Å². The van der Waals surface area contributed by atoms with Crippen molar-refractivity contribution >= 4 is 39.0 Å². The van der Waals surface area contributed by atoms with Crippen LogP contribution in [0.15, 0.2) is 60.8 Å². The first-order valence-corrected chi connectivity index (χ1v) is 12.6. The predicted molar refractivity (Wildman–Crippen MR) is 132 cm³/mol. The van der Waals surface area contributed by atoms with Gasteiger partial charge in [0, 0.05) is 18.3 Å². The number of ether oxygens (including phenoxy) is 2. The molecule has 1 N–H and O–H groups in total. The summed E-state index contributed by atoms with van der Waals surface area (Å²) < 4.78 is 36.5. The van der Waals surface area contributed by atoms with E-state index < -0.39 is 22.6 Å². The topological polar surface area (TPSA) is 115 Å². The fourth-order valence-corrected chi connectivity index (χ4v) is 4.99. The number of anilines is 3. The van der Waals surface area contributed by atoms with Gasteiger partial charge < -0.3 is 14.8 Å². The van der Waals surface area contributed by atoms with E-state index in [2.05, 4.69) is 10.3 Å². The Hall–Kier alpha value is -3.92. The van der Waals surface area contributed by atoms with E-state index in [1.165, 1.54) is 10.5 Å². The Bertz CT molecular complexity index is 1370. The number of hydrogen-bond acceptors (Lipinski definition) is 8. The third-order valence-corrected chi connectivity index (χ3v) is 7.46. The summed E-state index contributed by atoms with van der Waals surface area (Å²) in [7, 11) is -1.83. The van der Waals surface area contributed by atoms with Crippen LogP contribution < -0.4 is 14.4 Å². The van der Waals surface area contributed by atoms with Crippen molar-refractivity contribution < 1.29 is 27.5 Å². The Morgan fingerprint density at radius 1 is 1.11 bits per heavy atom. The number of nitrogens with one attached hydrogen (secondary N) is 1. The average Bonchev–Trinajstić information content (AvgIpc) is 3.32. The molecule has 0 bridgehead atoms. The number of esters is 1. The zero-order chi connectivity index (χ0) is 25.0. The normalized spacial score (nSPS) is 12.7. The Kier molecular flexibility index (Phi) is 7.02. The minimum Gasteiger partial charge on any atom is -0.495 e. The highest BCUT2D eigenvalue weighted by molar-refractivity contribution is 7.92. The number of fused-ring (bicyclic) bond motifs is 1. The number of hydrogen-bond donors (Lipinski definition) is 1. The van der Waals surface area contributed by atoms with Crippen molar-refractivity contribution in [3.8, 4) is 5.75 Å². The second-order valence-corrected chi connectivity index (χ2v) is 9.97. The highest BCUT2D eigenvalue weighted by atomic mass is 32.2. The standard InChI is InChI=1S/C25H25N3O6S/c1-3-35(31,32)28-14-12-17-15-18(10-11-21(17)28)22(29)16-34-25(30)19-7-6-13-26-24(19)27-20-8-4-5-9-23(20)33-2/h4-11,13,15H,3,12,14,16H2,1-2H3,(H,26,27). The van der Waals surface area contributed by atoms with Gasteiger partial charge in [0.05, 0.1) is 24.2 Å². The van der Waals surface area contributed by atoms with Crippen molar-refractivity contribution in [1.29, 1.82) is 0 Å². The molecule has 0 spiro atoms. The Morgan fingerprint density at radius 2 is 1.91 bits per heavy atom. The van der Waals surface area contributed by atoms with Gasteiger partial charge in [-0.05, 0) is 61.4 Å². The van der Waals surface area contributed by atoms with Gasteiger partial charge in [0.25, 0.3) is 0 Å². The molecule has 3 aromatic rings. The molecule has 4 rings (SSSR count). The van der Waals surface area contributed by atoms with Gasteiger partial charge in [-0.2, -0.15) is 0 Å². The molecule has 1 aliphatic heterocycles. The van der Waals surface area contributed by atoms with Crippen molar-refractivity contribution in [2.24, 2.45) is 0 Å². The number of aromatic nitrogens is 1. The van der Waals surface area contributed by atoms with Gasteiger partial charge in [0.2, 0.25) is 10.0 Å². The summed E-state index contributed by atoms with van der Waals surface area (Å²) in [5.41, 5.74) is 2.50. The fraction of sp³-hybridized carbons (Fsp3) is 0.240. The molecule has 1 aromatic heterocycles. The number of para-hydroxylation sites is 2. The molecule has 0 saturated carbocycles. The Balaban J connectivity index is 1.45. The molecule has 0 unspecified atom stereocenters. The number of ketones is 1. The molecule has 0 radical (unpaired) electrons. The van der Waals surface area contributed by atoms with Gasteiger partial charge in [-0.1, -0.05) is 12.1 Å². The Morgan fingerprint density at radius 3 is 2.69 bits per heavy atom. The van der Waals surface area contributed by atoms with Crippen LogP contribution in [0.5, 0.6) is 5.75 Å². The van der Waals surface area contributed by atoms with Crippen LogP contribution in [0.2, 0.25) is 0 Å². The number of methoxy groups -OCH3 is 1. The third kappa shape index (κ3) is 5.12. The van der Waals surface area contributed by atoms with E-state index in [1.54, 1.807) is 56.5 Å². The predicted octanol–water partition coefficient (Wildman–Crippen LogP) is 3.59. The van der Waals surface area contributed by atoms with Crippen LogP contribution >= 0.6 is 0 Å². The second-order valence-electron chi connectivity index (χ2n) is 7.79. The number of nitrogens with zero attached hydrogens (tertiary/aromatic N) is 2. The van der Waals surface area contributed by atoms with E-state index in [9.17, 15) is 18.0 Å². The minimum atomic E-state index is -3.37. The number of carbonyl (C=O) groups is 2. The molecule has 0 aliphatic carbocycles. The summed E-state index contributed by atoms with van der Waals surface area (Å²) in [5.74, 6) is -0.240. The highest BCUT2D eigenvalue weighted by Crippen LogP contribution is 2.31. The molecule has 2 aromatic carbocycles. The lowest BCUT2D eigenvalue weighted by molar-refractivity contribution is 0.0475. The van der Waals surface area contributed by atoms with Crippen molar-refractivity contribution in [3.05, 3.63) is 77.5 Å². The lowest BCUT2D eigenvalue weighted by Crippen LogP contribution is -2.30. The number of benzene rings is 2. The average molecular weight is 496 g/mol. The molecular weight excluding hydrogens is 470 g/mol.